The van der Waals surface area contributed by atoms with E-state index in [1.54, 1.807) is 6.07 Å². The minimum absolute atomic E-state index is 0.00549. The monoisotopic (exact) mass is 745 g/mol. The van der Waals surface area contributed by atoms with Gasteiger partial charge in [0.15, 0.2) is 5.78 Å². The molecule has 2 saturated heterocycles. The number of ether oxygens (including phenoxy) is 4. The van der Waals surface area contributed by atoms with E-state index in [2.05, 4.69) is 16.4 Å². The molecule has 0 unspecified atom stereocenters. The molecule has 8 rings (SSSR count). The van der Waals surface area contributed by atoms with E-state index < -0.39 is 90.5 Å². The summed E-state index contributed by atoms with van der Waals surface area (Å²) < 4.78 is 52.5. The summed E-state index contributed by atoms with van der Waals surface area (Å²) in [4.78, 5) is 65.7. The van der Waals surface area contributed by atoms with E-state index in [9.17, 15) is 42.7 Å². The molecule has 2 aromatic rings. The molecule has 4 aliphatic carbocycles. The van der Waals surface area contributed by atoms with Gasteiger partial charge in [-0.1, -0.05) is 43.3 Å². The second-order valence-corrected chi connectivity index (χ2v) is 16.9. The van der Waals surface area contributed by atoms with Crippen LogP contribution in [0, 0.1) is 38.9 Å². The van der Waals surface area contributed by atoms with Gasteiger partial charge in [0.25, 0.3) is 9.84 Å². The highest BCUT2D eigenvalue weighted by molar-refractivity contribution is 7.91. The fourth-order valence-electron chi connectivity index (χ4n) is 9.99. The Labute approximate surface area is 297 Å². The minimum atomic E-state index is -4.30. The maximum atomic E-state index is 14.2. The number of carbonyl (C=O) groups excluding carboxylic acids is 4. The molecule has 280 valence electrons. The molecule has 6 aliphatic rings. The van der Waals surface area contributed by atoms with Gasteiger partial charge in [0.05, 0.1) is 16.9 Å². The van der Waals surface area contributed by atoms with E-state index >= 15 is 0 Å². The highest BCUT2D eigenvalue weighted by Gasteiger charge is 2.88. The predicted molar refractivity (Wildman–Crippen MR) is 172 cm³/mol. The Morgan fingerprint density at radius 1 is 1.10 bits per heavy atom. The third-order valence-electron chi connectivity index (χ3n) is 12.1. The lowest BCUT2D eigenvalue weighted by Gasteiger charge is -2.72. The smallest absolute Gasteiger partial charge is 0.404 e. The fraction of sp³-hybridized carbons (Fsp3) is 0.600. The predicted octanol–water partition coefficient (Wildman–Crippen LogP) is 1.60. The summed E-state index contributed by atoms with van der Waals surface area (Å²) in [5, 5.41) is 25.3. The van der Waals surface area contributed by atoms with E-state index in [-0.39, 0.29) is 66.4 Å². The zero-order valence-electron chi connectivity index (χ0n) is 28.7. The molecule has 16 nitrogen and oxygen atoms in total. The van der Waals surface area contributed by atoms with Crippen LogP contribution < -0.4 is 9.34 Å². The molecule has 3 N–H and O–H groups in total. The Kier molecular flexibility index (Phi) is 8.67. The summed E-state index contributed by atoms with van der Waals surface area (Å²) >= 11 is 0. The molecule has 2 aliphatic heterocycles. The Balaban J connectivity index is 0.973. The van der Waals surface area contributed by atoms with Crippen molar-refractivity contribution >= 4 is 33.3 Å². The maximum absolute atomic E-state index is 14.2. The van der Waals surface area contributed by atoms with Crippen molar-refractivity contribution in [2.24, 2.45) is 34.0 Å². The first-order valence-electron chi connectivity index (χ1n) is 17.3. The van der Waals surface area contributed by atoms with Gasteiger partial charge in [-0.3, -0.25) is 19.2 Å². The average Bonchev–Trinajstić information content (AvgIpc) is 3.53. The van der Waals surface area contributed by atoms with Crippen molar-refractivity contribution in [3.8, 4) is 5.88 Å². The van der Waals surface area contributed by atoms with E-state index in [4.69, 9.17) is 18.9 Å². The van der Waals surface area contributed by atoms with Crippen LogP contribution in [0.2, 0.25) is 0 Å². The van der Waals surface area contributed by atoms with Gasteiger partial charge in [0.2, 0.25) is 10.4 Å². The first-order valence-corrected chi connectivity index (χ1v) is 18.8. The second-order valence-electron chi connectivity index (χ2n) is 15.1. The molecule has 1 aromatic carbocycles. The number of hydrogen-bond donors (Lipinski definition) is 3. The van der Waals surface area contributed by atoms with Crippen LogP contribution >= 0.6 is 0 Å². The number of nitrogens with one attached hydrogen (secondary N) is 1. The Morgan fingerprint density at radius 2 is 1.81 bits per heavy atom. The molecule has 8 atom stereocenters. The topological polar surface area (TPSA) is 232 Å². The number of nitrogens with zero attached hydrogens (tertiary/aromatic N) is 1. The molecule has 3 heterocycles. The summed E-state index contributed by atoms with van der Waals surface area (Å²) in [7, 11) is -4.30. The number of aromatic nitrogens is 2. The van der Waals surface area contributed by atoms with Crippen LogP contribution in [0.1, 0.15) is 58.8 Å². The fourth-order valence-corrected chi connectivity index (χ4v) is 11.3. The zero-order chi connectivity index (χ0) is 37.4. The maximum Gasteiger partial charge on any atom is 0.404 e. The number of carbonyl (C=O) groups is 4. The van der Waals surface area contributed by atoms with Crippen LogP contribution in [0.3, 0.4) is 0 Å². The number of aliphatic hydroxyl groups is 2. The number of aromatic amines is 1. The molecule has 2 spiro atoms. The van der Waals surface area contributed by atoms with Crippen LogP contribution in [0.25, 0.3) is 0 Å². The van der Waals surface area contributed by atoms with Crippen molar-refractivity contribution in [1.82, 2.24) is 5.16 Å². The molecule has 4 bridgehead atoms. The highest BCUT2D eigenvalue weighted by atomic mass is 32.2. The Bertz CT molecular complexity index is 2010. The molecule has 0 radical (unpaired) electrons. The number of rotatable bonds is 11. The van der Waals surface area contributed by atoms with Crippen LogP contribution in [0.5, 0.6) is 5.88 Å². The van der Waals surface area contributed by atoms with E-state index in [0.717, 1.165) is 0 Å². The quantitative estimate of drug-likeness (QED) is 0.169. The van der Waals surface area contributed by atoms with Gasteiger partial charge in [-0.15, -0.1) is 0 Å². The van der Waals surface area contributed by atoms with Gasteiger partial charge in [-0.05, 0) is 64.8 Å². The van der Waals surface area contributed by atoms with Gasteiger partial charge >= 0.3 is 22.8 Å². The second kappa shape index (κ2) is 12.5. The lowest BCUT2D eigenvalue weighted by Crippen LogP contribution is -2.85. The van der Waals surface area contributed by atoms with Gasteiger partial charge in [0, 0.05) is 31.1 Å². The van der Waals surface area contributed by atoms with Crippen molar-refractivity contribution in [2.75, 3.05) is 19.8 Å². The highest BCUT2D eigenvalue weighted by Crippen LogP contribution is 2.76. The number of esters is 2. The molecule has 6 fully saturated rings. The average molecular weight is 746 g/mol. The van der Waals surface area contributed by atoms with Gasteiger partial charge in [-0.25, -0.2) is 8.42 Å². The third kappa shape index (κ3) is 4.91. The molecular formula is C35H41N2O14S+. The lowest BCUT2D eigenvalue weighted by molar-refractivity contribution is -0.744. The first-order chi connectivity index (χ1) is 24.5. The minimum Gasteiger partial charge on any atom is -0.462 e. The first kappa shape index (κ1) is 36.2. The molecule has 17 heteroatoms. The molecule has 1 aromatic heterocycles. The number of sulfone groups is 1. The van der Waals surface area contributed by atoms with Gasteiger partial charge < -0.3 is 29.2 Å². The summed E-state index contributed by atoms with van der Waals surface area (Å²) in [6, 6.07) is 7.17. The van der Waals surface area contributed by atoms with Gasteiger partial charge in [0.1, 0.15) is 36.6 Å². The number of benzene rings is 1. The standard InChI is InChI=1S/C35H41N2O14S/c1-19-21-12-13-22-33-18-49-35(43,28(42)26(33)32(2,3)15-14-23(33)38)34(22,27(19)41)29(21)50-25(40)11-7-10-24(39)47-16-17-48-30-31(37(44)51-36-30)52(45,46)20-8-5-4-6-9-20/h4-6,8-9,21-22,26,28-29,36,42-43H,1,7,10-18H2,2-3H3/q+1/t21-,22-,26+,28-,29+,33+,34-,35-/m0/s1. The van der Waals surface area contributed by atoms with Crippen molar-refractivity contribution < 1.29 is 66.0 Å². The Hall–Kier alpha value is -4.19. The van der Waals surface area contributed by atoms with Crippen LogP contribution in [-0.4, -0.2) is 85.1 Å². The zero-order valence-corrected chi connectivity index (χ0v) is 29.5. The normalized spacial score (nSPS) is 34.4. The SMILES string of the molecule is C=C1C(=O)[C@]23[C@H](OC(=O)CCCC(=O)OCCOc4[nH]o[n+](=O)c4S(=O)(=O)c4ccccc4)[C@H]1CC[C@H]2[C@@]12CO[C@@]3(O)[C@@H](O)[C@@H]1C(C)(C)CCC2=O. The van der Waals surface area contributed by atoms with E-state index in [1.807, 2.05) is 13.8 Å². The number of ketones is 2. The number of H-pyrrole nitrogens is 1. The largest absolute Gasteiger partial charge is 0.462 e. The van der Waals surface area contributed by atoms with Crippen molar-refractivity contribution in [2.45, 2.75) is 86.7 Å². The van der Waals surface area contributed by atoms with E-state index in [1.165, 1.54) is 24.3 Å². The number of fused-ring (bicyclic) bond motifs is 2. The molecule has 4 saturated carbocycles. The lowest BCUT2D eigenvalue weighted by atomic mass is 9.36. The Morgan fingerprint density at radius 3 is 2.54 bits per heavy atom. The summed E-state index contributed by atoms with van der Waals surface area (Å²) in [6.07, 6.45) is -1.80. The van der Waals surface area contributed by atoms with Crippen LogP contribution in [0.4, 0.5) is 0 Å². The third-order valence-corrected chi connectivity index (χ3v) is 13.9. The summed E-state index contributed by atoms with van der Waals surface area (Å²) in [5.41, 5.74) is -3.56. The number of Topliss-reactive ketones (excluding diaryl/α,β-unsaturated/α-hetero) is 2. The molecular weight excluding hydrogens is 704 g/mol. The van der Waals surface area contributed by atoms with Crippen LogP contribution in [0.15, 0.2) is 57.0 Å². The summed E-state index contributed by atoms with van der Waals surface area (Å²) in [6.45, 7) is 7.05. The van der Waals surface area contributed by atoms with E-state index in [0.29, 0.717) is 19.3 Å². The molecule has 52 heavy (non-hydrogen) atoms. The van der Waals surface area contributed by atoms with Crippen molar-refractivity contribution in [1.29, 1.82) is 0 Å². The van der Waals surface area contributed by atoms with Gasteiger partial charge in [-0.2, -0.15) is 0 Å². The number of hydrogen-bond acceptors (Lipinski definition) is 14. The molecule has 0 amide bonds. The van der Waals surface area contributed by atoms with Crippen LogP contribution in [-0.2, 0) is 43.2 Å². The van der Waals surface area contributed by atoms with Crippen molar-refractivity contribution in [3.63, 3.8) is 0 Å². The number of aliphatic hydroxyl groups excluding tert-OH is 1. The van der Waals surface area contributed by atoms with Crippen molar-refractivity contribution in [3.05, 3.63) is 47.4 Å². The summed E-state index contributed by atoms with van der Waals surface area (Å²) in [5.74, 6) is -7.13.